The first kappa shape index (κ1) is 20.1. The molecular weight excluding hydrogens is 354 g/mol. The number of benzene rings is 1. The van der Waals surface area contributed by atoms with Gasteiger partial charge in [-0.15, -0.1) is 5.10 Å². The predicted molar refractivity (Wildman–Crippen MR) is 108 cm³/mol. The van der Waals surface area contributed by atoms with Crippen molar-refractivity contribution in [3.05, 3.63) is 47.5 Å². The van der Waals surface area contributed by atoms with Crippen LogP contribution in [0.4, 0.5) is 0 Å². The largest absolute Gasteiger partial charge is 0.444 e. The van der Waals surface area contributed by atoms with Crippen LogP contribution < -0.4 is 5.32 Å². The molecule has 1 aliphatic carbocycles. The molecular formula is C22H29N3O3. The highest BCUT2D eigenvalue weighted by Crippen LogP contribution is 2.58. The van der Waals surface area contributed by atoms with Gasteiger partial charge in [0.2, 0.25) is 11.8 Å². The zero-order valence-corrected chi connectivity index (χ0v) is 17.2. The van der Waals surface area contributed by atoms with Crippen molar-refractivity contribution >= 4 is 17.7 Å². The lowest BCUT2D eigenvalue weighted by atomic mass is 10.1. The Morgan fingerprint density at radius 3 is 2.50 bits per heavy atom. The minimum Gasteiger partial charge on any atom is -0.444 e. The number of allylic oxidation sites excluding steroid dienone is 2. The zero-order chi connectivity index (χ0) is 20.5. The fraction of sp³-hybridized carbons (Fsp3) is 0.500. The van der Waals surface area contributed by atoms with E-state index >= 15 is 0 Å². The number of hydrogen-bond donors (Lipinski definition) is 1. The number of rotatable bonds is 6. The molecule has 3 rings (SSSR count). The number of hydrazone groups is 1. The van der Waals surface area contributed by atoms with Crippen LogP contribution in [0.25, 0.3) is 0 Å². The lowest BCUT2D eigenvalue weighted by Gasteiger charge is -2.18. The molecule has 1 aliphatic heterocycles. The summed E-state index contributed by atoms with van der Waals surface area (Å²) in [4.78, 5) is 24.6. The van der Waals surface area contributed by atoms with Gasteiger partial charge in [0.25, 0.3) is 12.1 Å². The van der Waals surface area contributed by atoms with E-state index in [9.17, 15) is 9.59 Å². The smallest absolute Gasteiger partial charge is 0.284 e. The second-order valence-corrected chi connectivity index (χ2v) is 8.43. The quantitative estimate of drug-likeness (QED) is 0.768. The fourth-order valence-electron chi connectivity index (χ4n) is 3.79. The van der Waals surface area contributed by atoms with Gasteiger partial charge in [-0.2, -0.15) is 5.01 Å². The molecule has 1 N–H and O–H groups in total. The lowest BCUT2D eigenvalue weighted by Crippen LogP contribution is -2.46. The Bertz CT molecular complexity index is 810. The second kappa shape index (κ2) is 7.78. The minimum absolute atomic E-state index is 0.163. The molecule has 1 heterocycles. The van der Waals surface area contributed by atoms with E-state index in [-0.39, 0.29) is 17.2 Å². The SMILES string of the molecule is CC(=O)N1N=C(Cc2ccccc2)OC1C(=O)NC[C@@H]1[C@H](C=C(C)C)C1(C)C. The normalized spacial score (nSPS) is 24.8. The number of amides is 2. The summed E-state index contributed by atoms with van der Waals surface area (Å²) in [5.41, 5.74) is 2.46. The monoisotopic (exact) mass is 383 g/mol. The number of carbonyl (C=O) groups is 2. The van der Waals surface area contributed by atoms with Crippen LogP contribution in [0.15, 0.2) is 47.1 Å². The van der Waals surface area contributed by atoms with Gasteiger partial charge < -0.3 is 10.1 Å². The summed E-state index contributed by atoms with van der Waals surface area (Å²) in [6, 6.07) is 9.70. The number of nitrogens with one attached hydrogen (secondary N) is 1. The molecule has 0 saturated heterocycles. The first-order chi connectivity index (χ1) is 13.2. The summed E-state index contributed by atoms with van der Waals surface area (Å²) in [5.74, 6) is 0.549. The van der Waals surface area contributed by atoms with Crippen molar-refractivity contribution in [1.82, 2.24) is 10.3 Å². The van der Waals surface area contributed by atoms with Crippen LogP contribution in [0, 0.1) is 17.3 Å². The van der Waals surface area contributed by atoms with E-state index in [2.05, 4.69) is 44.2 Å². The van der Waals surface area contributed by atoms with Gasteiger partial charge in [0.15, 0.2) is 0 Å². The summed E-state index contributed by atoms with van der Waals surface area (Å²) in [6.45, 7) is 10.5. The molecule has 3 atom stereocenters. The van der Waals surface area contributed by atoms with E-state index in [4.69, 9.17) is 4.74 Å². The Hall–Kier alpha value is -2.63. The van der Waals surface area contributed by atoms with E-state index in [0.29, 0.717) is 30.7 Å². The third kappa shape index (κ3) is 4.26. The lowest BCUT2D eigenvalue weighted by molar-refractivity contribution is -0.146. The number of carbonyl (C=O) groups excluding carboxylic acids is 2. The highest BCUT2D eigenvalue weighted by atomic mass is 16.5. The van der Waals surface area contributed by atoms with Crippen molar-refractivity contribution in [1.29, 1.82) is 0 Å². The summed E-state index contributed by atoms with van der Waals surface area (Å²) in [7, 11) is 0. The first-order valence-electron chi connectivity index (χ1n) is 9.70. The van der Waals surface area contributed by atoms with Crippen molar-refractivity contribution < 1.29 is 14.3 Å². The van der Waals surface area contributed by atoms with E-state index in [1.54, 1.807) is 0 Å². The Labute approximate surface area is 166 Å². The average molecular weight is 383 g/mol. The van der Waals surface area contributed by atoms with Crippen molar-refractivity contribution in [2.45, 2.75) is 47.3 Å². The van der Waals surface area contributed by atoms with Crippen LogP contribution in [0.1, 0.15) is 40.2 Å². The van der Waals surface area contributed by atoms with Crippen LogP contribution >= 0.6 is 0 Å². The van der Waals surface area contributed by atoms with Crippen molar-refractivity contribution in [2.24, 2.45) is 22.4 Å². The van der Waals surface area contributed by atoms with E-state index < -0.39 is 6.23 Å². The van der Waals surface area contributed by atoms with Gasteiger partial charge in [-0.25, -0.2) is 0 Å². The first-order valence-corrected chi connectivity index (χ1v) is 9.70. The molecule has 0 radical (unpaired) electrons. The molecule has 0 spiro atoms. The van der Waals surface area contributed by atoms with E-state index in [1.165, 1.54) is 12.5 Å². The van der Waals surface area contributed by atoms with Gasteiger partial charge in [0.05, 0.1) is 6.42 Å². The maximum absolute atomic E-state index is 12.7. The van der Waals surface area contributed by atoms with Crippen LogP contribution in [0.5, 0.6) is 0 Å². The fourth-order valence-corrected chi connectivity index (χ4v) is 3.79. The van der Waals surface area contributed by atoms with Gasteiger partial charge in [0, 0.05) is 13.5 Å². The van der Waals surface area contributed by atoms with Crippen LogP contribution in [-0.2, 0) is 20.7 Å². The summed E-state index contributed by atoms with van der Waals surface area (Å²) >= 11 is 0. The van der Waals surface area contributed by atoms with Gasteiger partial charge in [-0.3, -0.25) is 9.59 Å². The molecule has 1 aromatic rings. The number of hydrogen-bond acceptors (Lipinski definition) is 4. The molecule has 28 heavy (non-hydrogen) atoms. The maximum Gasteiger partial charge on any atom is 0.284 e. The van der Waals surface area contributed by atoms with Crippen LogP contribution in [-0.4, -0.2) is 35.5 Å². The van der Waals surface area contributed by atoms with Gasteiger partial charge >= 0.3 is 0 Å². The molecule has 1 aromatic carbocycles. The Balaban J connectivity index is 1.60. The third-order valence-electron chi connectivity index (χ3n) is 5.58. The maximum atomic E-state index is 12.7. The van der Waals surface area contributed by atoms with Gasteiger partial charge in [-0.05, 0) is 36.7 Å². The van der Waals surface area contributed by atoms with E-state index in [1.807, 2.05) is 30.3 Å². The zero-order valence-electron chi connectivity index (χ0n) is 17.2. The van der Waals surface area contributed by atoms with Gasteiger partial charge in [0.1, 0.15) is 0 Å². The molecule has 0 aromatic heterocycles. The molecule has 2 aliphatic rings. The number of ether oxygens (including phenoxy) is 1. The molecule has 150 valence electrons. The van der Waals surface area contributed by atoms with E-state index in [0.717, 1.165) is 10.6 Å². The van der Waals surface area contributed by atoms with Crippen molar-refractivity contribution in [3.63, 3.8) is 0 Å². The van der Waals surface area contributed by atoms with Crippen LogP contribution in [0.2, 0.25) is 0 Å². The van der Waals surface area contributed by atoms with Crippen molar-refractivity contribution in [2.75, 3.05) is 6.54 Å². The molecule has 1 unspecified atom stereocenters. The topological polar surface area (TPSA) is 71.0 Å². The summed E-state index contributed by atoms with van der Waals surface area (Å²) in [6.07, 6.45) is 1.67. The highest BCUT2D eigenvalue weighted by Gasteiger charge is 2.56. The molecule has 6 heteroatoms. The molecule has 1 saturated carbocycles. The Morgan fingerprint density at radius 1 is 1.21 bits per heavy atom. The third-order valence-corrected chi connectivity index (χ3v) is 5.58. The van der Waals surface area contributed by atoms with Crippen molar-refractivity contribution in [3.8, 4) is 0 Å². The number of nitrogens with zero attached hydrogens (tertiary/aromatic N) is 2. The highest BCUT2D eigenvalue weighted by molar-refractivity contribution is 5.92. The van der Waals surface area contributed by atoms with Gasteiger partial charge in [-0.1, -0.05) is 55.8 Å². The minimum atomic E-state index is -1.04. The molecule has 1 fully saturated rings. The second-order valence-electron chi connectivity index (χ2n) is 8.43. The van der Waals surface area contributed by atoms with Crippen LogP contribution in [0.3, 0.4) is 0 Å². The predicted octanol–water partition coefficient (Wildman–Crippen LogP) is 3.10. The standard InChI is InChI=1S/C22H29N3O3/c1-14(2)11-17-18(22(17,4)5)13-23-20(27)21-25(15(3)26)24-19(28-21)12-16-9-7-6-8-10-16/h6-11,17-18,21H,12-13H2,1-5H3,(H,23,27)/t17-,18+,21?/m0/s1. The average Bonchev–Trinajstić information content (AvgIpc) is 2.94. The summed E-state index contributed by atoms with van der Waals surface area (Å²) in [5, 5.41) is 8.30. The molecule has 2 amide bonds. The summed E-state index contributed by atoms with van der Waals surface area (Å²) < 4.78 is 5.73. The molecule has 0 bridgehead atoms. The Morgan fingerprint density at radius 2 is 1.89 bits per heavy atom. The Kier molecular flexibility index (Phi) is 5.59. The molecule has 6 nitrogen and oxygen atoms in total.